The molecule has 7 nitrogen and oxygen atoms in total. The van der Waals surface area contributed by atoms with Crippen molar-refractivity contribution in [1.29, 1.82) is 0 Å². The van der Waals surface area contributed by atoms with Crippen LogP contribution in [0.4, 0.5) is 5.95 Å². The van der Waals surface area contributed by atoms with E-state index < -0.39 is 0 Å². The van der Waals surface area contributed by atoms with Crippen molar-refractivity contribution in [2.24, 2.45) is 7.05 Å². The summed E-state index contributed by atoms with van der Waals surface area (Å²) in [5, 5.41) is 16.4. The molecule has 148 valence electrons. The van der Waals surface area contributed by atoms with Gasteiger partial charge in [0.25, 0.3) is 0 Å². The van der Waals surface area contributed by atoms with E-state index in [1.807, 2.05) is 13.1 Å². The van der Waals surface area contributed by atoms with Gasteiger partial charge >= 0.3 is 0 Å². The van der Waals surface area contributed by atoms with E-state index in [1.165, 1.54) is 37.9 Å². The number of hydrogen-bond acceptors (Lipinski definition) is 6. The van der Waals surface area contributed by atoms with Crippen LogP contribution in [0, 0.1) is 0 Å². The van der Waals surface area contributed by atoms with Crippen LogP contribution in [0.2, 0.25) is 0 Å². The molecule has 7 heteroatoms. The molecular formula is C20H31N5O2. The fourth-order valence-corrected chi connectivity index (χ4v) is 3.43. The van der Waals surface area contributed by atoms with Crippen molar-refractivity contribution in [2.75, 3.05) is 25.0 Å². The van der Waals surface area contributed by atoms with Gasteiger partial charge in [-0.2, -0.15) is 10.1 Å². The number of nitrogens with one attached hydrogen (secondary N) is 1. The number of piperidine rings is 1. The minimum Gasteiger partial charge on any atom is -0.491 e. The van der Waals surface area contributed by atoms with Crippen molar-refractivity contribution in [3.8, 4) is 5.75 Å². The van der Waals surface area contributed by atoms with E-state index in [4.69, 9.17) is 9.84 Å². The Bertz CT molecular complexity index is 712. The van der Waals surface area contributed by atoms with Crippen molar-refractivity contribution in [3.63, 3.8) is 0 Å². The molecule has 0 amide bonds. The zero-order valence-electron chi connectivity index (χ0n) is 16.4. The van der Waals surface area contributed by atoms with Crippen molar-refractivity contribution in [2.45, 2.75) is 51.9 Å². The number of benzene rings is 1. The molecule has 27 heavy (non-hydrogen) atoms. The molecule has 1 aliphatic rings. The monoisotopic (exact) mass is 373 g/mol. The number of aliphatic hydroxyl groups is 1. The minimum atomic E-state index is -0.150. The van der Waals surface area contributed by atoms with E-state index in [1.54, 1.807) is 4.68 Å². The molecule has 3 rings (SSSR count). The van der Waals surface area contributed by atoms with E-state index in [0.29, 0.717) is 11.8 Å². The Hall–Kier alpha value is -2.12. The van der Waals surface area contributed by atoms with Gasteiger partial charge in [-0.05, 0) is 50.6 Å². The Morgan fingerprint density at radius 1 is 1.26 bits per heavy atom. The first kappa shape index (κ1) is 19.6. The Morgan fingerprint density at radius 2 is 2.07 bits per heavy atom. The lowest BCUT2D eigenvalue weighted by atomic mass is 10.1. The number of rotatable bonds is 9. The Kier molecular flexibility index (Phi) is 7.06. The van der Waals surface area contributed by atoms with E-state index >= 15 is 0 Å². The number of likely N-dealkylation sites (tertiary alicyclic amines) is 1. The summed E-state index contributed by atoms with van der Waals surface area (Å²) in [6, 6.07) is 8.45. The topological polar surface area (TPSA) is 75.4 Å². The summed E-state index contributed by atoms with van der Waals surface area (Å²) >= 11 is 0. The molecule has 2 aromatic rings. The lowest BCUT2D eigenvalue weighted by Crippen LogP contribution is -2.29. The quantitative estimate of drug-likeness (QED) is 0.704. The van der Waals surface area contributed by atoms with E-state index in [9.17, 15) is 0 Å². The van der Waals surface area contributed by atoms with Gasteiger partial charge in [-0.15, -0.1) is 0 Å². The smallest absolute Gasteiger partial charge is 0.221 e. The van der Waals surface area contributed by atoms with Gasteiger partial charge in [0, 0.05) is 26.6 Å². The van der Waals surface area contributed by atoms with Crippen LogP contribution < -0.4 is 10.1 Å². The number of hydrogen-bond donors (Lipinski definition) is 2. The van der Waals surface area contributed by atoms with Crippen LogP contribution in [0.25, 0.3) is 0 Å². The normalized spacial score (nSPS) is 16.3. The molecule has 0 saturated carbocycles. The number of aryl methyl sites for hydroxylation is 1. The molecule has 0 radical (unpaired) electrons. The molecule has 0 aliphatic carbocycles. The van der Waals surface area contributed by atoms with Crippen molar-refractivity contribution in [1.82, 2.24) is 19.7 Å². The third-order valence-electron chi connectivity index (χ3n) is 4.87. The first-order valence-electron chi connectivity index (χ1n) is 9.86. The highest BCUT2D eigenvalue weighted by molar-refractivity contribution is 5.29. The van der Waals surface area contributed by atoms with Crippen LogP contribution >= 0.6 is 0 Å². The number of aromatic nitrogens is 3. The maximum absolute atomic E-state index is 9.09. The molecule has 2 N–H and O–H groups in total. The third-order valence-corrected chi connectivity index (χ3v) is 4.87. The highest BCUT2D eigenvalue weighted by atomic mass is 16.5. The maximum atomic E-state index is 9.09. The maximum Gasteiger partial charge on any atom is 0.221 e. The van der Waals surface area contributed by atoms with Crippen molar-refractivity contribution < 1.29 is 9.84 Å². The summed E-state index contributed by atoms with van der Waals surface area (Å²) in [6.07, 6.45) is 4.92. The van der Waals surface area contributed by atoms with Crippen LogP contribution in [-0.4, -0.2) is 50.5 Å². The van der Waals surface area contributed by atoms with Gasteiger partial charge in [-0.3, -0.25) is 4.90 Å². The van der Waals surface area contributed by atoms with Gasteiger partial charge in [-0.1, -0.05) is 18.6 Å². The van der Waals surface area contributed by atoms with Gasteiger partial charge in [0.2, 0.25) is 5.95 Å². The molecule has 1 unspecified atom stereocenters. The van der Waals surface area contributed by atoms with Gasteiger partial charge in [0.1, 0.15) is 12.4 Å². The second kappa shape index (κ2) is 9.71. The van der Waals surface area contributed by atoms with Gasteiger partial charge in [-0.25, -0.2) is 4.68 Å². The number of nitrogens with zero attached hydrogens (tertiary/aromatic N) is 4. The highest BCUT2D eigenvalue weighted by Gasteiger charge is 2.12. The highest BCUT2D eigenvalue weighted by Crippen LogP contribution is 2.19. The van der Waals surface area contributed by atoms with Crippen molar-refractivity contribution in [3.05, 3.63) is 35.7 Å². The average molecular weight is 374 g/mol. The molecule has 2 heterocycles. The lowest BCUT2D eigenvalue weighted by Gasteiger charge is -2.26. The molecule has 1 aromatic carbocycles. The lowest BCUT2D eigenvalue weighted by molar-refractivity contribution is 0.211. The van der Waals surface area contributed by atoms with Gasteiger partial charge in [0.05, 0.1) is 6.10 Å². The second-order valence-electron chi connectivity index (χ2n) is 7.26. The number of anilines is 1. The number of aliphatic hydroxyl groups excluding tert-OH is 1. The van der Waals surface area contributed by atoms with Crippen molar-refractivity contribution >= 4 is 5.95 Å². The summed E-state index contributed by atoms with van der Waals surface area (Å²) in [7, 11) is 1.81. The Labute approximate surface area is 161 Å². The fourth-order valence-electron chi connectivity index (χ4n) is 3.43. The Balaban J connectivity index is 1.45. The van der Waals surface area contributed by atoms with E-state index in [2.05, 4.69) is 45.4 Å². The van der Waals surface area contributed by atoms with Crippen LogP contribution in [0.15, 0.2) is 24.3 Å². The molecule has 1 saturated heterocycles. The first-order valence-corrected chi connectivity index (χ1v) is 9.86. The fraction of sp³-hybridized carbons (Fsp3) is 0.600. The summed E-state index contributed by atoms with van der Waals surface area (Å²) in [4.78, 5) is 6.75. The van der Waals surface area contributed by atoms with Crippen LogP contribution in [0.3, 0.4) is 0 Å². The minimum absolute atomic E-state index is 0.0910. The molecule has 0 spiro atoms. The largest absolute Gasteiger partial charge is 0.491 e. The van der Waals surface area contributed by atoms with Gasteiger partial charge in [0.15, 0.2) is 5.82 Å². The second-order valence-corrected chi connectivity index (χ2v) is 7.26. The summed E-state index contributed by atoms with van der Waals surface area (Å²) in [5.41, 5.74) is 1.32. The van der Waals surface area contributed by atoms with Crippen LogP contribution in [0.5, 0.6) is 5.75 Å². The molecule has 1 aromatic heterocycles. The standard InChI is InChI=1S/C20H31N5O2/c1-16(9-10-21-20-22-19(15-26)23-24(20)2)27-18-8-6-7-17(13-18)14-25-11-4-3-5-12-25/h6-8,13,16,26H,3-5,9-12,14-15H2,1-2H3,(H,21,22,23). The number of ether oxygens (including phenoxy) is 1. The SMILES string of the molecule is CC(CCNc1nc(CO)nn1C)Oc1cccc(CN2CCCCC2)c1. The molecular weight excluding hydrogens is 342 g/mol. The zero-order valence-corrected chi connectivity index (χ0v) is 16.4. The third kappa shape index (κ3) is 5.94. The predicted octanol–water partition coefficient (Wildman–Crippen LogP) is 2.56. The Morgan fingerprint density at radius 3 is 2.81 bits per heavy atom. The average Bonchev–Trinajstić information content (AvgIpc) is 3.03. The van der Waals surface area contributed by atoms with E-state index in [0.717, 1.165) is 25.3 Å². The summed E-state index contributed by atoms with van der Waals surface area (Å²) < 4.78 is 7.74. The molecule has 1 aliphatic heterocycles. The van der Waals surface area contributed by atoms with Gasteiger partial charge < -0.3 is 15.2 Å². The van der Waals surface area contributed by atoms with Crippen LogP contribution in [0.1, 0.15) is 44.0 Å². The summed E-state index contributed by atoms with van der Waals surface area (Å²) in [6.45, 7) is 6.07. The molecule has 0 bridgehead atoms. The predicted molar refractivity (Wildman–Crippen MR) is 106 cm³/mol. The first-order chi connectivity index (χ1) is 13.1. The summed E-state index contributed by atoms with van der Waals surface area (Å²) in [5.74, 6) is 2.02. The zero-order chi connectivity index (χ0) is 19.1. The van der Waals surface area contributed by atoms with E-state index in [-0.39, 0.29) is 12.7 Å². The molecule has 1 fully saturated rings. The van der Waals surface area contributed by atoms with Crippen LogP contribution in [-0.2, 0) is 20.2 Å². The molecule has 1 atom stereocenters.